The Balaban J connectivity index is 2.17. The molecule has 110 valence electrons. The minimum atomic E-state index is -0.419. The normalized spacial score (nSPS) is 22.0. The molecule has 0 N–H and O–H groups in total. The number of ether oxygens (including phenoxy) is 2. The van der Waals surface area contributed by atoms with Gasteiger partial charge in [0.2, 0.25) is 0 Å². The molecule has 1 aliphatic carbocycles. The van der Waals surface area contributed by atoms with Gasteiger partial charge >= 0.3 is 0 Å². The smallest absolute Gasteiger partial charge is 0.169 e. The maximum Gasteiger partial charge on any atom is 0.169 e. The van der Waals surface area contributed by atoms with Crippen molar-refractivity contribution in [2.75, 3.05) is 6.61 Å². The molecule has 0 bridgehead atoms. The van der Waals surface area contributed by atoms with Gasteiger partial charge in [0.25, 0.3) is 0 Å². The lowest BCUT2D eigenvalue weighted by Crippen LogP contribution is -2.52. The number of aryl methyl sites for hydroxylation is 1. The summed E-state index contributed by atoms with van der Waals surface area (Å²) >= 11 is 6.25. The van der Waals surface area contributed by atoms with Gasteiger partial charge in [0, 0.05) is 18.1 Å². The summed E-state index contributed by atoms with van der Waals surface area (Å²) in [5.74, 6) is 1.24. The van der Waals surface area contributed by atoms with Crippen LogP contribution in [-0.4, -0.2) is 24.6 Å². The summed E-state index contributed by atoms with van der Waals surface area (Å²) in [5.41, 5.74) is 2.04. The predicted molar refractivity (Wildman–Crippen MR) is 79.7 cm³/mol. The van der Waals surface area contributed by atoms with Crippen LogP contribution in [0.25, 0.3) is 0 Å². The van der Waals surface area contributed by atoms with Crippen LogP contribution in [0.3, 0.4) is 0 Å². The molecule has 0 radical (unpaired) electrons. The van der Waals surface area contributed by atoms with Crippen molar-refractivity contribution >= 4 is 17.4 Å². The molecular weight excluding hydrogens is 276 g/mol. The van der Waals surface area contributed by atoms with Gasteiger partial charge in [-0.1, -0.05) is 25.4 Å². The molecule has 4 heteroatoms. The van der Waals surface area contributed by atoms with Crippen LogP contribution >= 0.6 is 11.6 Å². The van der Waals surface area contributed by atoms with Crippen LogP contribution in [0.15, 0.2) is 12.1 Å². The lowest BCUT2D eigenvalue weighted by Gasteiger charge is -2.35. The van der Waals surface area contributed by atoms with Gasteiger partial charge in [-0.2, -0.15) is 0 Å². The Morgan fingerprint density at radius 1 is 1.40 bits per heavy atom. The average Bonchev–Trinajstić information content (AvgIpc) is 2.37. The van der Waals surface area contributed by atoms with Gasteiger partial charge in [-0.25, -0.2) is 0 Å². The van der Waals surface area contributed by atoms with Gasteiger partial charge in [-0.05, 0) is 43.0 Å². The second-order valence-corrected chi connectivity index (χ2v) is 5.90. The van der Waals surface area contributed by atoms with Gasteiger partial charge in [0.1, 0.15) is 11.9 Å². The highest BCUT2D eigenvalue weighted by Gasteiger charge is 2.42. The Labute approximate surface area is 125 Å². The van der Waals surface area contributed by atoms with Crippen molar-refractivity contribution in [1.29, 1.82) is 0 Å². The monoisotopic (exact) mass is 296 g/mol. The van der Waals surface area contributed by atoms with E-state index in [2.05, 4.69) is 13.8 Å². The molecule has 1 fully saturated rings. The number of hydrogen-bond acceptors (Lipinski definition) is 3. The first kappa shape index (κ1) is 15.3. The zero-order valence-electron chi connectivity index (χ0n) is 12.4. The van der Waals surface area contributed by atoms with Crippen LogP contribution in [-0.2, 0) is 9.53 Å². The summed E-state index contributed by atoms with van der Waals surface area (Å²) in [4.78, 5) is 11.5. The Kier molecular flexibility index (Phi) is 4.71. The summed E-state index contributed by atoms with van der Waals surface area (Å²) in [5, 5.41) is 0.760. The summed E-state index contributed by atoms with van der Waals surface area (Å²) in [6.45, 7) is 8.55. The Morgan fingerprint density at radius 3 is 2.65 bits per heavy atom. The molecule has 0 aliphatic heterocycles. The quantitative estimate of drug-likeness (QED) is 0.827. The van der Waals surface area contributed by atoms with Crippen LogP contribution in [0.1, 0.15) is 44.2 Å². The number of carbonyl (C=O) groups excluding carboxylic acids is 1. The van der Waals surface area contributed by atoms with Crippen LogP contribution < -0.4 is 4.74 Å². The van der Waals surface area contributed by atoms with Crippen molar-refractivity contribution in [2.45, 2.75) is 52.2 Å². The number of carbonyl (C=O) groups is 1. The van der Waals surface area contributed by atoms with Crippen LogP contribution in [0.4, 0.5) is 0 Å². The van der Waals surface area contributed by atoms with Crippen LogP contribution in [0, 0.1) is 6.92 Å². The number of ketones is 1. The average molecular weight is 297 g/mol. The molecule has 0 heterocycles. The molecule has 3 nitrogen and oxygen atoms in total. The fraction of sp³-hybridized carbons (Fsp3) is 0.562. The molecule has 0 amide bonds. The zero-order valence-corrected chi connectivity index (χ0v) is 13.2. The second-order valence-electron chi connectivity index (χ2n) is 5.50. The molecule has 1 aromatic carbocycles. The molecular formula is C16H21ClO3. The summed E-state index contributed by atoms with van der Waals surface area (Å²) in [6.07, 6.45) is -0.177. The van der Waals surface area contributed by atoms with Crippen LogP contribution in [0.5, 0.6) is 5.75 Å². The molecule has 0 aromatic heterocycles. The highest BCUT2D eigenvalue weighted by atomic mass is 35.5. The first-order valence-corrected chi connectivity index (χ1v) is 7.42. The largest absolute Gasteiger partial charge is 0.486 e. The molecule has 2 rings (SSSR count). The number of rotatable bonds is 5. The van der Waals surface area contributed by atoms with E-state index in [4.69, 9.17) is 21.1 Å². The molecule has 1 saturated carbocycles. The van der Waals surface area contributed by atoms with Crippen molar-refractivity contribution < 1.29 is 14.3 Å². The van der Waals surface area contributed by atoms with Crippen molar-refractivity contribution in [1.82, 2.24) is 0 Å². The van der Waals surface area contributed by atoms with Crippen molar-refractivity contribution in [3.63, 3.8) is 0 Å². The Hall–Kier alpha value is -1.06. The zero-order chi connectivity index (χ0) is 14.9. The van der Waals surface area contributed by atoms with Gasteiger partial charge in [0.05, 0.1) is 0 Å². The molecule has 0 saturated heterocycles. The topological polar surface area (TPSA) is 35.5 Å². The van der Waals surface area contributed by atoms with E-state index in [0.717, 1.165) is 21.9 Å². The van der Waals surface area contributed by atoms with Crippen molar-refractivity contribution in [3.05, 3.63) is 28.3 Å². The maximum atomic E-state index is 11.5. The van der Waals surface area contributed by atoms with Gasteiger partial charge in [-0.3, -0.25) is 4.79 Å². The van der Waals surface area contributed by atoms with Gasteiger partial charge < -0.3 is 9.47 Å². The van der Waals surface area contributed by atoms with E-state index in [1.165, 1.54) is 0 Å². The first-order chi connectivity index (χ1) is 9.43. The minimum Gasteiger partial charge on any atom is -0.486 e. The van der Waals surface area contributed by atoms with Gasteiger partial charge in [0.15, 0.2) is 11.9 Å². The molecule has 2 atom stereocenters. The van der Waals surface area contributed by atoms with E-state index >= 15 is 0 Å². The molecule has 0 spiro atoms. The number of Topliss-reactive ketones (excluding diaryl/α,β-unsaturated/α-hetero) is 1. The van der Waals surface area contributed by atoms with E-state index in [9.17, 15) is 4.79 Å². The number of hydrogen-bond donors (Lipinski definition) is 0. The maximum absolute atomic E-state index is 11.5. The van der Waals surface area contributed by atoms with Crippen molar-refractivity contribution in [2.24, 2.45) is 0 Å². The number of benzene rings is 1. The van der Waals surface area contributed by atoms with E-state index in [1.807, 2.05) is 26.0 Å². The second kappa shape index (κ2) is 6.15. The third kappa shape index (κ3) is 2.99. The summed E-state index contributed by atoms with van der Waals surface area (Å²) in [6, 6.07) is 3.90. The standard InChI is InChI=1S/C16H21ClO3/c1-5-19-16-13(18)8-15(16)20-14-7-11(9(2)3)12(17)6-10(14)4/h6-7,9,15-16H,5,8H2,1-4H3. The van der Waals surface area contributed by atoms with E-state index in [-0.39, 0.29) is 11.9 Å². The highest BCUT2D eigenvalue weighted by molar-refractivity contribution is 6.31. The number of halogens is 1. The van der Waals surface area contributed by atoms with E-state index < -0.39 is 6.10 Å². The molecule has 2 unspecified atom stereocenters. The first-order valence-electron chi connectivity index (χ1n) is 7.05. The van der Waals surface area contributed by atoms with Crippen LogP contribution in [0.2, 0.25) is 5.02 Å². The molecule has 1 aliphatic rings. The molecule has 20 heavy (non-hydrogen) atoms. The lowest BCUT2D eigenvalue weighted by atomic mass is 9.89. The Morgan fingerprint density at radius 2 is 2.10 bits per heavy atom. The minimum absolute atomic E-state index is 0.118. The van der Waals surface area contributed by atoms with Crippen molar-refractivity contribution in [3.8, 4) is 5.75 Å². The highest BCUT2D eigenvalue weighted by Crippen LogP contribution is 2.34. The summed E-state index contributed by atoms with van der Waals surface area (Å²) < 4.78 is 11.4. The third-order valence-corrected chi connectivity index (χ3v) is 3.93. The third-order valence-electron chi connectivity index (χ3n) is 3.60. The molecule has 1 aromatic rings. The van der Waals surface area contributed by atoms with E-state index in [0.29, 0.717) is 18.9 Å². The predicted octanol–water partition coefficient (Wildman–Crippen LogP) is 3.90. The van der Waals surface area contributed by atoms with E-state index in [1.54, 1.807) is 0 Å². The Bertz CT molecular complexity index is 511. The lowest BCUT2D eigenvalue weighted by molar-refractivity contribution is -0.154. The van der Waals surface area contributed by atoms with Gasteiger partial charge in [-0.15, -0.1) is 0 Å². The fourth-order valence-corrected chi connectivity index (χ4v) is 2.79. The SMILES string of the molecule is CCOC1C(=O)CC1Oc1cc(C(C)C)c(Cl)cc1C. The summed E-state index contributed by atoms with van der Waals surface area (Å²) in [7, 11) is 0. The fourth-order valence-electron chi connectivity index (χ4n) is 2.35.